The van der Waals surface area contributed by atoms with Crippen molar-refractivity contribution in [1.29, 1.82) is 0 Å². The van der Waals surface area contributed by atoms with Crippen LogP contribution in [0.15, 0.2) is 48.6 Å². The monoisotopic (exact) mass is 1050 g/mol. The molecule has 0 saturated carbocycles. The highest BCUT2D eigenvalue weighted by atomic mass is 31.2. The zero-order valence-corrected chi connectivity index (χ0v) is 49.7. The molecular weight excluding hydrogens is 928 g/mol. The van der Waals surface area contributed by atoms with Crippen LogP contribution in [-0.4, -0.2) is 69.4 Å². The number of unbranched alkanes of at least 4 members (excludes halogenated alkanes) is 34. The van der Waals surface area contributed by atoms with Gasteiger partial charge >= 0.3 is 5.97 Å². The number of phosphoric ester groups is 1. The van der Waals surface area contributed by atoms with Crippen molar-refractivity contribution in [2.75, 3.05) is 40.9 Å². The Morgan fingerprint density at radius 1 is 0.479 bits per heavy atom. The van der Waals surface area contributed by atoms with Crippen LogP contribution in [0.1, 0.15) is 290 Å². The van der Waals surface area contributed by atoms with E-state index in [1.165, 1.54) is 167 Å². The molecule has 0 aliphatic rings. The number of allylic oxidation sites excluding steroid dienone is 7. The molecule has 0 aromatic heterocycles. The van der Waals surface area contributed by atoms with Crippen LogP contribution in [0, 0.1) is 0 Å². The van der Waals surface area contributed by atoms with Gasteiger partial charge in [-0.25, -0.2) is 0 Å². The fraction of sp³-hybridized carbons (Fsp3) is 0.841. The second-order valence-corrected chi connectivity index (χ2v) is 23.6. The van der Waals surface area contributed by atoms with Crippen LogP contribution < -0.4 is 10.2 Å². The maximum atomic E-state index is 13.5. The number of carbonyl (C=O) groups is 2. The Kier molecular flexibility index (Phi) is 51.9. The van der Waals surface area contributed by atoms with Crippen LogP contribution in [0.4, 0.5) is 0 Å². The molecule has 0 saturated heterocycles. The van der Waals surface area contributed by atoms with Crippen molar-refractivity contribution in [3.8, 4) is 0 Å². The molecule has 3 atom stereocenters. The minimum Gasteiger partial charge on any atom is -0.756 e. The van der Waals surface area contributed by atoms with Gasteiger partial charge in [-0.3, -0.25) is 14.2 Å². The molecule has 0 rings (SSSR count). The van der Waals surface area contributed by atoms with Crippen LogP contribution in [0.2, 0.25) is 0 Å². The van der Waals surface area contributed by atoms with Crippen molar-refractivity contribution in [2.24, 2.45) is 0 Å². The summed E-state index contributed by atoms with van der Waals surface area (Å²) < 4.78 is 30.3. The normalized spacial score (nSPS) is 14.0. The third-order valence-electron chi connectivity index (χ3n) is 13.7. The highest BCUT2D eigenvalue weighted by Crippen LogP contribution is 2.38. The highest BCUT2D eigenvalue weighted by Gasteiger charge is 2.27. The number of amides is 1. The Balaban J connectivity index is 5.31. The van der Waals surface area contributed by atoms with Gasteiger partial charge in [0.25, 0.3) is 7.82 Å². The molecule has 0 bridgehead atoms. The first-order chi connectivity index (χ1) is 35.4. The number of quaternary nitrogens is 1. The molecule has 1 amide bonds. The van der Waals surface area contributed by atoms with E-state index < -0.39 is 26.6 Å². The van der Waals surface area contributed by atoms with Crippen LogP contribution in [0.25, 0.3) is 0 Å². The van der Waals surface area contributed by atoms with Gasteiger partial charge in [0.15, 0.2) is 0 Å². The second-order valence-electron chi connectivity index (χ2n) is 22.2. The van der Waals surface area contributed by atoms with E-state index in [9.17, 15) is 19.0 Å². The predicted octanol–water partition coefficient (Wildman–Crippen LogP) is 18.3. The quantitative estimate of drug-likeness (QED) is 0.0212. The summed E-state index contributed by atoms with van der Waals surface area (Å²) in [5, 5.41) is 3.03. The van der Waals surface area contributed by atoms with E-state index >= 15 is 0 Å². The number of likely N-dealkylation sites (N-methyl/N-ethyl adjacent to an activating group) is 1. The van der Waals surface area contributed by atoms with Crippen LogP contribution in [0.5, 0.6) is 0 Å². The number of esters is 1. The lowest BCUT2D eigenvalue weighted by Crippen LogP contribution is -2.47. The first kappa shape index (κ1) is 71.0. The van der Waals surface area contributed by atoms with Gasteiger partial charge in [-0.05, 0) is 89.5 Å². The maximum Gasteiger partial charge on any atom is 0.306 e. The Labute approximate surface area is 452 Å². The van der Waals surface area contributed by atoms with Gasteiger partial charge in [0.1, 0.15) is 19.3 Å². The lowest BCUT2D eigenvalue weighted by molar-refractivity contribution is -0.870. The van der Waals surface area contributed by atoms with Crippen LogP contribution in [-0.2, 0) is 27.9 Å². The minimum atomic E-state index is -4.70. The number of hydrogen-bond acceptors (Lipinski definition) is 7. The summed E-state index contributed by atoms with van der Waals surface area (Å²) in [6.07, 6.45) is 64.9. The van der Waals surface area contributed by atoms with Crippen molar-refractivity contribution in [2.45, 2.75) is 303 Å². The third kappa shape index (κ3) is 54.6. The van der Waals surface area contributed by atoms with E-state index in [2.05, 4.69) is 62.5 Å². The Morgan fingerprint density at radius 3 is 1.27 bits per heavy atom. The van der Waals surface area contributed by atoms with Crippen molar-refractivity contribution in [1.82, 2.24) is 5.32 Å². The number of carbonyl (C=O) groups excluding carboxylic acids is 2. The molecule has 1 N–H and O–H groups in total. The van der Waals surface area contributed by atoms with Gasteiger partial charge in [0.05, 0.1) is 33.8 Å². The topological polar surface area (TPSA) is 114 Å². The van der Waals surface area contributed by atoms with Gasteiger partial charge in [-0.2, -0.15) is 0 Å². The summed E-state index contributed by atoms with van der Waals surface area (Å²) in [6.45, 7) is 6.83. The van der Waals surface area contributed by atoms with Crippen molar-refractivity contribution >= 4 is 19.7 Å². The van der Waals surface area contributed by atoms with Crippen LogP contribution in [0.3, 0.4) is 0 Å². The standard InChI is InChI=1S/C63H119N2O7P/c1-7-10-13-16-19-22-25-28-30-32-34-37-40-43-46-49-52-55-62(66)64-60(59-71-73(68,69)70-58-57-65(4,5)6)61(54-51-48-45-42-39-36-27-24-21-18-15-12-9-3)72-63(67)56-53-50-47-44-41-38-35-33-31-29-26-23-20-17-14-11-8-2/h19,22,28-31,51,54,60-61H,7-18,20-21,23-27,32-50,52-53,55-59H2,1-6H3,(H-,64,66,68,69)/b22-19-,30-28-,31-29+,54-51+. The lowest BCUT2D eigenvalue weighted by Gasteiger charge is -2.30. The molecule has 0 aliphatic carbocycles. The largest absolute Gasteiger partial charge is 0.756 e. The summed E-state index contributed by atoms with van der Waals surface area (Å²) in [5.41, 5.74) is 0. The van der Waals surface area contributed by atoms with Gasteiger partial charge in [0.2, 0.25) is 5.91 Å². The molecule has 0 aromatic rings. The molecule has 73 heavy (non-hydrogen) atoms. The molecule has 0 aromatic carbocycles. The smallest absolute Gasteiger partial charge is 0.306 e. The van der Waals surface area contributed by atoms with Gasteiger partial charge in [0, 0.05) is 12.8 Å². The zero-order valence-electron chi connectivity index (χ0n) is 48.8. The van der Waals surface area contributed by atoms with E-state index in [4.69, 9.17) is 13.8 Å². The fourth-order valence-electron chi connectivity index (χ4n) is 8.90. The minimum absolute atomic E-state index is 0.0244. The molecule has 0 radical (unpaired) electrons. The maximum absolute atomic E-state index is 13.5. The summed E-state index contributed by atoms with van der Waals surface area (Å²) in [5.74, 6) is -0.547. The van der Waals surface area contributed by atoms with Gasteiger partial charge in [-0.15, -0.1) is 0 Å². The molecule has 3 unspecified atom stereocenters. The Morgan fingerprint density at radius 2 is 0.836 bits per heavy atom. The molecular formula is C63H119N2O7P. The molecule has 0 fully saturated rings. The van der Waals surface area contributed by atoms with E-state index in [-0.39, 0.29) is 24.9 Å². The molecule has 0 aliphatic heterocycles. The zero-order chi connectivity index (χ0) is 53.6. The molecule has 9 nitrogen and oxygen atoms in total. The third-order valence-corrected chi connectivity index (χ3v) is 14.7. The van der Waals surface area contributed by atoms with Gasteiger partial charge in [-0.1, -0.05) is 237 Å². The summed E-state index contributed by atoms with van der Waals surface area (Å²) >= 11 is 0. The average molecular weight is 1050 g/mol. The number of phosphoric acid groups is 1. The van der Waals surface area contributed by atoms with E-state index in [1.54, 1.807) is 0 Å². The van der Waals surface area contributed by atoms with Crippen molar-refractivity contribution < 1.29 is 37.3 Å². The van der Waals surface area contributed by atoms with E-state index in [0.717, 1.165) is 89.9 Å². The molecule has 0 spiro atoms. The molecule has 0 heterocycles. The predicted molar refractivity (Wildman–Crippen MR) is 312 cm³/mol. The van der Waals surface area contributed by atoms with Crippen molar-refractivity contribution in [3.05, 3.63) is 48.6 Å². The van der Waals surface area contributed by atoms with Crippen LogP contribution >= 0.6 is 7.82 Å². The second kappa shape index (κ2) is 53.4. The number of rotatable bonds is 56. The first-order valence-electron chi connectivity index (χ1n) is 30.9. The number of nitrogens with zero attached hydrogens (tertiary/aromatic N) is 1. The summed E-state index contributed by atoms with van der Waals surface area (Å²) in [4.78, 5) is 40.0. The lowest BCUT2D eigenvalue weighted by atomic mass is 10.0. The number of nitrogens with one attached hydrogen (secondary N) is 1. The Bertz CT molecular complexity index is 1390. The average Bonchev–Trinajstić information content (AvgIpc) is 3.35. The fourth-order valence-corrected chi connectivity index (χ4v) is 9.62. The highest BCUT2D eigenvalue weighted by molar-refractivity contribution is 7.45. The van der Waals surface area contributed by atoms with E-state index in [1.807, 2.05) is 33.3 Å². The van der Waals surface area contributed by atoms with Crippen molar-refractivity contribution in [3.63, 3.8) is 0 Å². The van der Waals surface area contributed by atoms with E-state index in [0.29, 0.717) is 17.4 Å². The molecule has 10 heteroatoms. The van der Waals surface area contributed by atoms with Gasteiger partial charge < -0.3 is 28.5 Å². The summed E-state index contributed by atoms with van der Waals surface area (Å²) in [6, 6.07) is -0.893. The SMILES string of the molecule is CCCCC/C=C\C/C=C\CCCCCCCCCC(=O)NC(COP(=O)([O-])OCC[N+](C)(C)C)C(/C=C/CCCCCCCCCCCCC)OC(=O)CCCCCCCCC/C=C/CCCCCCCC. The number of hydrogen-bond donors (Lipinski definition) is 1. The number of ether oxygens (including phenoxy) is 1. The molecule has 428 valence electrons. The first-order valence-corrected chi connectivity index (χ1v) is 32.4. The Hall–Kier alpha value is -2.03. The summed E-state index contributed by atoms with van der Waals surface area (Å²) in [7, 11) is 1.18.